The minimum Gasteiger partial charge on any atom is -0.438 e. The summed E-state index contributed by atoms with van der Waals surface area (Å²) in [7, 11) is 0. The number of H-pyrrole nitrogens is 1. The molecule has 0 bridgehead atoms. The van der Waals surface area contributed by atoms with Crippen molar-refractivity contribution in [3.05, 3.63) is 51.0 Å². The number of nitrogens with zero attached hydrogens (tertiary/aromatic N) is 1. The second kappa shape index (κ2) is 5.14. The fourth-order valence-electron chi connectivity index (χ4n) is 1.34. The number of para-hydroxylation sites is 1. The number of aromatic nitrogens is 2. The molecule has 0 radical (unpaired) electrons. The normalized spacial score (nSPS) is 10.2. The van der Waals surface area contributed by atoms with Gasteiger partial charge in [-0.2, -0.15) is 4.98 Å². The summed E-state index contributed by atoms with van der Waals surface area (Å²) in [4.78, 5) is 18.2. The van der Waals surface area contributed by atoms with Gasteiger partial charge < -0.3 is 9.72 Å². The average molecular weight is 295 g/mol. The predicted octanol–water partition coefficient (Wildman–Crippen LogP) is 2.89. The molecule has 0 aliphatic heterocycles. The van der Waals surface area contributed by atoms with Gasteiger partial charge in [0.25, 0.3) is 5.56 Å². The van der Waals surface area contributed by atoms with Crippen LogP contribution in [0.5, 0.6) is 11.6 Å². The summed E-state index contributed by atoms with van der Waals surface area (Å²) in [5.74, 6) is 1.55. The molecular formula is C12H11BrN2O2. The third-order valence-corrected chi connectivity index (χ3v) is 2.81. The molecule has 88 valence electrons. The van der Waals surface area contributed by atoms with E-state index >= 15 is 0 Å². The van der Waals surface area contributed by atoms with Gasteiger partial charge in [-0.3, -0.25) is 4.79 Å². The summed E-state index contributed by atoms with van der Waals surface area (Å²) in [5, 5.41) is 0. The first-order valence-corrected chi connectivity index (χ1v) is 6.01. The molecule has 5 heteroatoms. The van der Waals surface area contributed by atoms with Gasteiger partial charge >= 0.3 is 0 Å². The molecule has 0 fully saturated rings. The highest BCUT2D eigenvalue weighted by molar-refractivity contribution is 9.10. The van der Waals surface area contributed by atoms with E-state index in [1.807, 2.05) is 25.1 Å². The Bertz CT molecular complexity index is 581. The summed E-state index contributed by atoms with van der Waals surface area (Å²) in [6.07, 6.45) is 0.655. The lowest BCUT2D eigenvalue weighted by Crippen LogP contribution is -2.10. The standard InChI is InChI=1S/C12H11BrN2O2/c1-2-10-14-11(16)7-12(15-10)17-9-6-4-3-5-8(9)13/h3-7H,2H2,1H3,(H,14,15,16). The van der Waals surface area contributed by atoms with Gasteiger partial charge in [0.15, 0.2) is 0 Å². The van der Waals surface area contributed by atoms with Gasteiger partial charge in [-0.25, -0.2) is 0 Å². The van der Waals surface area contributed by atoms with E-state index in [0.29, 0.717) is 23.9 Å². The molecule has 0 spiro atoms. The molecule has 0 atom stereocenters. The summed E-state index contributed by atoms with van der Waals surface area (Å²) < 4.78 is 6.37. The SMILES string of the molecule is CCc1nc(Oc2ccccc2Br)cc(=O)[nH]1. The molecule has 0 saturated heterocycles. The van der Waals surface area contributed by atoms with Crippen LogP contribution in [0.1, 0.15) is 12.7 Å². The van der Waals surface area contributed by atoms with Crippen molar-refractivity contribution >= 4 is 15.9 Å². The second-order valence-electron chi connectivity index (χ2n) is 3.42. The zero-order valence-corrected chi connectivity index (χ0v) is 10.8. The van der Waals surface area contributed by atoms with Crippen LogP contribution >= 0.6 is 15.9 Å². The van der Waals surface area contributed by atoms with Crippen molar-refractivity contribution in [2.45, 2.75) is 13.3 Å². The molecule has 17 heavy (non-hydrogen) atoms. The highest BCUT2D eigenvalue weighted by Crippen LogP contribution is 2.27. The molecule has 0 saturated carbocycles. The molecule has 1 N–H and O–H groups in total. The lowest BCUT2D eigenvalue weighted by molar-refractivity contribution is 0.455. The molecule has 0 aliphatic rings. The number of hydrogen-bond acceptors (Lipinski definition) is 3. The predicted molar refractivity (Wildman–Crippen MR) is 68.5 cm³/mol. The molecule has 1 heterocycles. The third-order valence-electron chi connectivity index (χ3n) is 2.15. The number of benzene rings is 1. The number of rotatable bonds is 3. The zero-order chi connectivity index (χ0) is 12.3. The number of nitrogens with one attached hydrogen (secondary N) is 1. The van der Waals surface area contributed by atoms with Gasteiger partial charge in [0.1, 0.15) is 11.6 Å². The Kier molecular flexibility index (Phi) is 3.58. The highest BCUT2D eigenvalue weighted by atomic mass is 79.9. The number of aryl methyl sites for hydroxylation is 1. The van der Waals surface area contributed by atoms with Gasteiger partial charge in [-0.05, 0) is 28.1 Å². The van der Waals surface area contributed by atoms with Crippen LogP contribution in [0, 0.1) is 0 Å². The zero-order valence-electron chi connectivity index (χ0n) is 9.24. The molecule has 0 aliphatic carbocycles. The van der Waals surface area contributed by atoms with Crippen LogP contribution < -0.4 is 10.3 Å². The quantitative estimate of drug-likeness (QED) is 0.947. The van der Waals surface area contributed by atoms with Gasteiger partial charge in [-0.1, -0.05) is 19.1 Å². The van der Waals surface area contributed by atoms with E-state index in [1.54, 1.807) is 6.07 Å². The number of ether oxygens (including phenoxy) is 1. The van der Waals surface area contributed by atoms with Crippen LogP contribution in [-0.4, -0.2) is 9.97 Å². The molecule has 4 nitrogen and oxygen atoms in total. The Morgan fingerprint density at radius 2 is 2.18 bits per heavy atom. The number of hydrogen-bond donors (Lipinski definition) is 1. The fraction of sp³-hybridized carbons (Fsp3) is 0.167. The van der Waals surface area contributed by atoms with Crippen molar-refractivity contribution in [3.63, 3.8) is 0 Å². The lowest BCUT2D eigenvalue weighted by Gasteiger charge is -2.06. The summed E-state index contributed by atoms with van der Waals surface area (Å²) in [5.41, 5.74) is -0.209. The fourth-order valence-corrected chi connectivity index (χ4v) is 1.71. The van der Waals surface area contributed by atoms with E-state index < -0.39 is 0 Å². The number of halogens is 1. The largest absolute Gasteiger partial charge is 0.438 e. The third kappa shape index (κ3) is 2.94. The first-order valence-electron chi connectivity index (χ1n) is 5.21. The van der Waals surface area contributed by atoms with Crippen LogP contribution in [0.15, 0.2) is 39.6 Å². The minimum absolute atomic E-state index is 0.209. The van der Waals surface area contributed by atoms with Crippen molar-refractivity contribution in [2.24, 2.45) is 0 Å². The first-order chi connectivity index (χ1) is 8.19. The van der Waals surface area contributed by atoms with E-state index in [4.69, 9.17) is 4.74 Å². The minimum atomic E-state index is -0.209. The maximum Gasteiger partial charge on any atom is 0.254 e. The Balaban J connectivity index is 2.33. The molecule has 1 aromatic heterocycles. The Labute approximate surface area is 107 Å². The summed E-state index contributed by atoms with van der Waals surface area (Å²) >= 11 is 3.37. The van der Waals surface area contributed by atoms with Crippen molar-refractivity contribution in [1.29, 1.82) is 0 Å². The van der Waals surface area contributed by atoms with Gasteiger partial charge in [0.05, 0.1) is 10.5 Å². The molecule has 2 rings (SSSR count). The summed E-state index contributed by atoms with van der Waals surface area (Å²) in [6.45, 7) is 1.92. The van der Waals surface area contributed by atoms with Crippen LogP contribution in [-0.2, 0) is 6.42 Å². The van der Waals surface area contributed by atoms with E-state index in [-0.39, 0.29) is 5.56 Å². The van der Waals surface area contributed by atoms with Crippen molar-refractivity contribution in [3.8, 4) is 11.6 Å². The topological polar surface area (TPSA) is 55.0 Å². The van der Waals surface area contributed by atoms with Gasteiger partial charge in [0.2, 0.25) is 5.88 Å². The maximum absolute atomic E-state index is 11.4. The van der Waals surface area contributed by atoms with Crippen molar-refractivity contribution in [2.75, 3.05) is 0 Å². The van der Waals surface area contributed by atoms with Crippen LogP contribution in [0.25, 0.3) is 0 Å². The molecular weight excluding hydrogens is 284 g/mol. The summed E-state index contributed by atoms with van der Waals surface area (Å²) in [6, 6.07) is 8.74. The lowest BCUT2D eigenvalue weighted by atomic mass is 10.3. The second-order valence-corrected chi connectivity index (χ2v) is 4.27. The van der Waals surface area contributed by atoms with Crippen molar-refractivity contribution < 1.29 is 4.74 Å². The van der Waals surface area contributed by atoms with E-state index in [9.17, 15) is 4.79 Å². The first kappa shape index (κ1) is 11.9. The molecule has 0 unspecified atom stereocenters. The van der Waals surface area contributed by atoms with Crippen LogP contribution in [0.2, 0.25) is 0 Å². The monoisotopic (exact) mass is 294 g/mol. The highest BCUT2D eigenvalue weighted by Gasteiger charge is 2.05. The number of aromatic amines is 1. The Morgan fingerprint density at radius 3 is 2.88 bits per heavy atom. The molecule has 2 aromatic rings. The van der Waals surface area contributed by atoms with Crippen LogP contribution in [0.3, 0.4) is 0 Å². The van der Waals surface area contributed by atoms with E-state index in [0.717, 1.165) is 4.47 Å². The Hall–Kier alpha value is -1.62. The van der Waals surface area contributed by atoms with E-state index in [2.05, 4.69) is 25.9 Å². The average Bonchev–Trinajstić information content (AvgIpc) is 2.31. The van der Waals surface area contributed by atoms with Gasteiger partial charge in [-0.15, -0.1) is 0 Å². The Morgan fingerprint density at radius 1 is 1.41 bits per heavy atom. The maximum atomic E-state index is 11.4. The molecule has 1 aromatic carbocycles. The van der Waals surface area contributed by atoms with Gasteiger partial charge in [0, 0.05) is 6.42 Å². The molecule has 0 amide bonds. The van der Waals surface area contributed by atoms with E-state index in [1.165, 1.54) is 6.07 Å². The van der Waals surface area contributed by atoms with Crippen molar-refractivity contribution in [1.82, 2.24) is 9.97 Å². The van der Waals surface area contributed by atoms with Crippen LogP contribution in [0.4, 0.5) is 0 Å². The smallest absolute Gasteiger partial charge is 0.254 e.